The summed E-state index contributed by atoms with van der Waals surface area (Å²) >= 11 is 6.30. The van der Waals surface area contributed by atoms with Gasteiger partial charge in [0.1, 0.15) is 5.69 Å². The van der Waals surface area contributed by atoms with E-state index in [-0.39, 0.29) is 0 Å². The van der Waals surface area contributed by atoms with Gasteiger partial charge in [-0.3, -0.25) is 4.48 Å². The van der Waals surface area contributed by atoms with E-state index in [1.807, 2.05) is 6.07 Å². The second-order valence-electron chi connectivity index (χ2n) is 5.29. The van der Waals surface area contributed by atoms with E-state index in [0.717, 1.165) is 21.6 Å². The molecule has 1 aliphatic heterocycles. The van der Waals surface area contributed by atoms with E-state index in [0.29, 0.717) is 0 Å². The molecule has 0 spiro atoms. The van der Waals surface area contributed by atoms with Gasteiger partial charge in [-0.2, -0.15) is 0 Å². The molecule has 0 saturated heterocycles. The second kappa shape index (κ2) is 3.37. The Hall–Kier alpha value is -1.25. The van der Waals surface area contributed by atoms with E-state index < -0.39 is 0 Å². The van der Waals surface area contributed by atoms with Crippen LogP contribution >= 0.6 is 11.6 Å². The Morgan fingerprint density at radius 1 is 1.18 bits per heavy atom. The molecule has 0 N–H and O–H groups in total. The van der Waals surface area contributed by atoms with Gasteiger partial charge in [0.15, 0.2) is 6.67 Å². The minimum atomic E-state index is 0.834. The zero-order chi connectivity index (χ0) is 12.2. The van der Waals surface area contributed by atoms with Gasteiger partial charge in [-0.05, 0) is 12.1 Å². The predicted octanol–water partition coefficient (Wildman–Crippen LogP) is 3.47. The van der Waals surface area contributed by atoms with Crippen molar-refractivity contribution in [1.29, 1.82) is 0 Å². The lowest BCUT2D eigenvalue weighted by molar-refractivity contribution is 0.398. The van der Waals surface area contributed by atoms with Gasteiger partial charge in [0.25, 0.3) is 0 Å². The summed E-state index contributed by atoms with van der Waals surface area (Å²) in [6.07, 6.45) is 0. The Bertz CT molecular complexity index is 604. The summed E-state index contributed by atoms with van der Waals surface area (Å²) < 4.78 is 0.862. The van der Waals surface area contributed by atoms with Crippen LogP contribution < -0.4 is 9.38 Å². The molecule has 0 unspecified atom stereocenters. The lowest BCUT2D eigenvalue weighted by Crippen LogP contribution is -2.50. The van der Waals surface area contributed by atoms with Crippen molar-refractivity contribution in [1.82, 2.24) is 4.48 Å². The number of quaternary nitrogens is 1. The van der Waals surface area contributed by atoms with Crippen molar-refractivity contribution in [3.63, 3.8) is 0 Å². The highest BCUT2D eigenvalue weighted by atomic mass is 35.5. The van der Waals surface area contributed by atoms with Crippen LogP contribution in [0.3, 0.4) is 0 Å². The van der Waals surface area contributed by atoms with Crippen molar-refractivity contribution in [2.24, 2.45) is 0 Å². The molecule has 3 heteroatoms. The fourth-order valence-corrected chi connectivity index (χ4v) is 3.06. The first-order valence-electron chi connectivity index (χ1n) is 5.76. The third kappa shape index (κ3) is 1.44. The van der Waals surface area contributed by atoms with Gasteiger partial charge >= 0.3 is 0 Å². The van der Waals surface area contributed by atoms with E-state index in [9.17, 15) is 0 Å². The molecule has 88 valence electrons. The van der Waals surface area contributed by atoms with Crippen LogP contribution in [0.4, 0.5) is 11.4 Å². The van der Waals surface area contributed by atoms with E-state index in [2.05, 4.69) is 50.3 Å². The molecule has 0 aliphatic carbocycles. The van der Waals surface area contributed by atoms with Crippen LogP contribution in [0, 0.1) is 0 Å². The first-order chi connectivity index (χ1) is 8.00. The molecular weight excluding hydrogens is 232 g/mol. The van der Waals surface area contributed by atoms with Crippen LogP contribution in [0.2, 0.25) is 5.02 Å². The zero-order valence-electron chi connectivity index (χ0n) is 10.4. The number of nitrogens with zero attached hydrogens (tertiary/aromatic N) is 2. The van der Waals surface area contributed by atoms with Gasteiger partial charge in [0, 0.05) is 23.5 Å². The molecule has 0 amide bonds. The quantitative estimate of drug-likeness (QED) is 0.645. The number of rotatable bonds is 0. The minimum Gasteiger partial charge on any atom is -0.327 e. The van der Waals surface area contributed by atoms with Gasteiger partial charge in [-0.15, -0.1) is 0 Å². The van der Waals surface area contributed by atoms with Crippen molar-refractivity contribution in [3.05, 3.63) is 35.4 Å². The maximum Gasteiger partial charge on any atom is 0.158 e. The summed E-state index contributed by atoms with van der Waals surface area (Å²) in [6.45, 7) is 0.980. The zero-order valence-corrected chi connectivity index (χ0v) is 11.1. The minimum absolute atomic E-state index is 0.834. The SMILES string of the molecule is CN1C[N+](C)(C)c2ccc(Cl)c3cccc1c23. The lowest BCUT2D eigenvalue weighted by atomic mass is 10.0. The Morgan fingerprint density at radius 2 is 1.94 bits per heavy atom. The molecule has 2 aromatic rings. The molecule has 0 aromatic heterocycles. The van der Waals surface area contributed by atoms with Crippen molar-refractivity contribution >= 4 is 33.7 Å². The van der Waals surface area contributed by atoms with Gasteiger partial charge in [-0.25, -0.2) is 0 Å². The van der Waals surface area contributed by atoms with E-state index >= 15 is 0 Å². The normalized spacial score (nSPS) is 17.5. The summed E-state index contributed by atoms with van der Waals surface area (Å²) in [5, 5.41) is 3.28. The summed E-state index contributed by atoms with van der Waals surface area (Å²) in [7, 11) is 6.60. The molecule has 0 bridgehead atoms. The number of halogens is 1. The van der Waals surface area contributed by atoms with Crippen molar-refractivity contribution < 1.29 is 0 Å². The van der Waals surface area contributed by atoms with Crippen molar-refractivity contribution in [2.45, 2.75) is 0 Å². The molecule has 3 rings (SSSR count). The average Bonchev–Trinajstić information content (AvgIpc) is 2.26. The maximum atomic E-state index is 6.30. The lowest BCUT2D eigenvalue weighted by Gasteiger charge is -2.39. The molecule has 1 heterocycles. The van der Waals surface area contributed by atoms with Crippen molar-refractivity contribution in [3.8, 4) is 0 Å². The smallest absolute Gasteiger partial charge is 0.158 e. The highest BCUT2D eigenvalue weighted by molar-refractivity contribution is 6.36. The summed E-state index contributed by atoms with van der Waals surface area (Å²) in [5.74, 6) is 0. The second-order valence-corrected chi connectivity index (χ2v) is 5.70. The Balaban J connectivity index is 2.50. The number of benzene rings is 2. The fraction of sp³-hybridized carbons (Fsp3) is 0.286. The summed E-state index contributed by atoms with van der Waals surface area (Å²) in [4.78, 5) is 2.30. The van der Waals surface area contributed by atoms with Crippen LogP contribution in [0.25, 0.3) is 10.8 Å². The van der Waals surface area contributed by atoms with Crippen molar-refractivity contribution in [2.75, 3.05) is 32.7 Å². The Morgan fingerprint density at radius 3 is 2.71 bits per heavy atom. The molecular formula is C14H16ClN2+. The molecule has 0 fully saturated rings. The van der Waals surface area contributed by atoms with E-state index in [4.69, 9.17) is 11.6 Å². The van der Waals surface area contributed by atoms with Gasteiger partial charge in [-0.1, -0.05) is 23.7 Å². The average molecular weight is 248 g/mol. The predicted molar refractivity (Wildman–Crippen MR) is 75.9 cm³/mol. The standard InChI is InChI=1S/C14H16ClN2/c1-16-9-17(2,3)13-8-7-11(15)10-5-4-6-12(16)14(10)13/h4-8H,9H2,1-3H3/q+1. The summed E-state index contributed by atoms with van der Waals surface area (Å²) in [5.41, 5.74) is 2.62. The highest BCUT2D eigenvalue weighted by Crippen LogP contribution is 2.42. The van der Waals surface area contributed by atoms with Gasteiger partial charge in [0.05, 0.1) is 25.2 Å². The Kier molecular flexibility index (Phi) is 2.16. The maximum absolute atomic E-state index is 6.30. The fourth-order valence-electron chi connectivity index (χ4n) is 2.84. The first-order valence-corrected chi connectivity index (χ1v) is 6.14. The third-order valence-electron chi connectivity index (χ3n) is 3.57. The molecule has 0 saturated carbocycles. The van der Waals surface area contributed by atoms with Crippen LogP contribution in [-0.2, 0) is 0 Å². The largest absolute Gasteiger partial charge is 0.327 e. The van der Waals surface area contributed by atoms with Crippen LogP contribution in [0.5, 0.6) is 0 Å². The monoisotopic (exact) mass is 247 g/mol. The van der Waals surface area contributed by atoms with Gasteiger partial charge < -0.3 is 4.90 Å². The van der Waals surface area contributed by atoms with E-state index in [1.54, 1.807) is 0 Å². The molecule has 17 heavy (non-hydrogen) atoms. The molecule has 0 atom stereocenters. The molecule has 1 aliphatic rings. The highest BCUT2D eigenvalue weighted by Gasteiger charge is 2.31. The molecule has 2 nitrogen and oxygen atoms in total. The van der Waals surface area contributed by atoms with Crippen LogP contribution in [-0.4, -0.2) is 27.8 Å². The Labute approximate surface area is 107 Å². The van der Waals surface area contributed by atoms with Gasteiger partial charge in [0.2, 0.25) is 0 Å². The summed E-state index contributed by atoms with van der Waals surface area (Å²) in [6, 6.07) is 10.5. The molecule has 0 radical (unpaired) electrons. The number of anilines is 1. The topological polar surface area (TPSA) is 3.24 Å². The number of hydrogen-bond donors (Lipinski definition) is 0. The third-order valence-corrected chi connectivity index (χ3v) is 3.90. The number of hydrogen-bond acceptors (Lipinski definition) is 1. The van der Waals surface area contributed by atoms with Crippen LogP contribution in [0.15, 0.2) is 30.3 Å². The first kappa shape index (κ1) is 10.9. The van der Waals surface area contributed by atoms with Crippen LogP contribution in [0.1, 0.15) is 0 Å². The van der Waals surface area contributed by atoms with E-state index in [1.165, 1.54) is 16.8 Å². The molecule has 2 aromatic carbocycles.